The van der Waals surface area contributed by atoms with Gasteiger partial charge in [-0.25, -0.2) is 4.79 Å². The minimum Gasteiger partial charge on any atom is -0.497 e. The molecule has 0 radical (unpaired) electrons. The van der Waals surface area contributed by atoms with Gasteiger partial charge in [-0.3, -0.25) is 0 Å². The Hall–Kier alpha value is -3.26. The van der Waals surface area contributed by atoms with Gasteiger partial charge < -0.3 is 15.2 Å². The highest BCUT2D eigenvalue weighted by Crippen LogP contribution is 2.24. The quantitative estimate of drug-likeness (QED) is 0.533. The molecule has 2 rings (SSSR count). The highest BCUT2D eigenvalue weighted by Gasteiger charge is 2.11. The van der Waals surface area contributed by atoms with Crippen molar-refractivity contribution in [1.29, 1.82) is 5.26 Å². The van der Waals surface area contributed by atoms with Gasteiger partial charge in [-0.1, -0.05) is 12.1 Å². The molecule has 0 heterocycles. The fourth-order valence-electron chi connectivity index (χ4n) is 2.09. The summed E-state index contributed by atoms with van der Waals surface area (Å²) in [4.78, 5) is 11.4. The number of nitrogens with two attached hydrogens (primary N) is 1. The number of nitrogens with zero attached hydrogens (tertiary/aromatic N) is 1. The molecule has 0 amide bonds. The van der Waals surface area contributed by atoms with Crippen LogP contribution in [-0.4, -0.2) is 20.2 Å². The molecule has 2 N–H and O–H groups in total. The summed E-state index contributed by atoms with van der Waals surface area (Å²) in [6, 6.07) is 15.8. The average molecular weight is 308 g/mol. The third-order valence-corrected chi connectivity index (χ3v) is 3.38. The second-order valence-electron chi connectivity index (χ2n) is 4.70. The summed E-state index contributed by atoms with van der Waals surface area (Å²) >= 11 is 0. The van der Waals surface area contributed by atoms with E-state index in [2.05, 4.69) is 10.8 Å². The summed E-state index contributed by atoms with van der Waals surface area (Å²) in [7, 11) is 2.90. The molecule has 0 unspecified atom stereocenters. The lowest BCUT2D eigenvalue weighted by molar-refractivity contribution is 0.0600. The van der Waals surface area contributed by atoms with Gasteiger partial charge in [-0.2, -0.15) is 5.26 Å². The zero-order valence-corrected chi connectivity index (χ0v) is 12.9. The molecule has 0 aliphatic rings. The van der Waals surface area contributed by atoms with Crippen molar-refractivity contribution < 1.29 is 14.3 Å². The normalized spacial score (nSPS) is 11.2. The molecule has 0 saturated heterocycles. The zero-order chi connectivity index (χ0) is 16.8. The first-order chi connectivity index (χ1) is 11.1. The molecule has 5 nitrogen and oxygen atoms in total. The first-order valence-electron chi connectivity index (χ1n) is 6.83. The van der Waals surface area contributed by atoms with Crippen molar-refractivity contribution in [2.45, 2.75) is 0 Å². The van der Waals surface area contributed by atoms with Gasteiger partial charge in [0.2, 0.25) is 0 Å². The van der Waals surface area contributed by atoms with Crippen molar-refractivity contribution in [3.8, 4) is 11.8 Å². The number of carbonyl (C=O) groups is 1. The molecule has 2 aromatic rings. The SMILES string of the molecule is COC(=O)c1ccc(C(C#N)=C(N)c2ccc(OC)cc2)cc1. The molecule has 0 spiro atoms. The van der Waals surface area contributed by atoms with E-state index in [0.717, 1.165) is 5.56 Å². The molecule has 0 bridgehead atoms. The standard InChI is InChI=1S/C18H16N2O3/c1-22-15-9-7-13(8-10-15)17(20)16(11-19)12-3-5-14(6-4-12)18(21)23-2/h3-10H,20H2,1-2H3. The summed E-state index contributed by atoms with van der Waals surface area (Å²) < 4.78 is 9.75. The van der Waals surface area contributed by atoms with Gasteiger partial charge in [0.1, 0.15) is 11.8 Å². The van der Waals surface area contributed by atoms with E-state index in [1.54, 1.807) is 55.6 Å². The molecule has 0 atom stereocenters. The highest BCUT2D eigenvalue weighted by atomic mass is 16.5. The second-order valence-corrected chi connectivity index (χ2v) is 4.70. The maximum Gasteiger partial charge on any atom is 0.337 e. The van der Waals surface area contributed by atoms with Crippen LogP contribution in [-0.2, 0) is 4.74 Å². The van der Waals surface area contributed by atoms with Crippen molar-refractivity contribution in [3.63, 3.8) is 0 Å². The summed E-state index contributed by atoms with van der Waals surface area (Å²) in [5.74, 6) is 0.282. The minimum absolute atomic E-state index is 0.339. The summed E-state index contributed by atoms with van der Waals surface area (Å²) in [6.45, 7) is 0. The molecular weight excluding hydrogens is 292 g/mol. The summed E-state index contributed by atoms with van der Waals surface area (Å²) in [6.07, 6.45) is 0. The lowest BCUT2D eigenvalue weighted by Crippen LogP contribution is -2.03. The molecule has 2 aromatic carbocycles. The maximum atomic E-state index is 11.4. The van der Waals surface area contributed by atoms with Crippen LogP contribution in [0.1, 0.15) is 21.5 Å². The molecule has 116 valence electrons. The van der Waals surface area contributed by atoms with Crippen LogP contribution in [0, 0.1) is 11.3 Å². The zero-order valence-electron chi connectivity index (χ0n) is 12.9. The van der Waals surface area contributed by atoms with E-state index in [4.69, 9.17) is 10.5 Å². The Bertz CT molecular complexity index is 769. The fourth-order valence-corrected chi connectivity index (χ4v) is 2.09. The Morgan fingerprint density at radius 3 is 1.96 bits per heavy atom. The molecule has 5 heteroatoms. The first-order valence-corrected chi connectivity index (χ1v) is 6.83. The second kappa shape index (κ2) is 7.14. The Labute approximate surface area is 134 Å². The fraction of sp³-hybridized carbons (Fsp3) is 0.111. The van der Waals surface area contributed by atoms with E-state index >= 15 is 0 Å². The molecule has 0 fully saturated rings. The Balaban J connectivity index is 2.40. The van der Waals surface area contributed by atoms with E-state index in [0.29, 0.717) is 28.1 Å². The van der Waals surface area contributed by atoms with Crippen molar-refractivity contribution in [2.24, 2.45) is 5.73 Å². The van der Waals surface area contributed by atoms with Crippen molar-refractivity contribution in [3.05, 3.63) is 65.2 Å². The number of hydrogen-bond donors (Lipinski definition) is 1. The number of carbonyl (C=O) groups excluding carboxylic acids is 1. The lowest BCUT2D eigenvalue weighted by atomic mass is 10.00. The largest absolute Gasteiger partial charge is 0.497 e. The van der Waals surface area contributed by atoms with Crippen LogP contribution in [0.2, 0.25) is 0 Å². The minimum atomic E-state index is -0.429. The molecule has 23 heavy (non-hydrogen) atoms. The Kier molecular flexibility index (Phi) is 5.00. The number of methoxy groups -OCH3 is 2. The van der Waals surface area contributed by atoms with Crippen LogP contribution in [0.4, 0.5) is 0 Å². The smallest absolute Gasteiger partial charge is 0.337 e. The van der Waals surface area contributed by atoms with Crippen LogP contribution < -0.4 is 10.5 Å². The van der Waals surface area contributed by atoms with Crippen molar-refractivity contribution in [1.82, 2.24) is 0 Å². The van der Waals surface area contributed by atoms with Gasteiger partial charge in [0, 0.05) is 0 Å². The number of hydrogen-bond acceptors (Lipinski definition) is 5. The van der Waals surface area contributed by atoms with E-state index in [1.807, 2.05) is 0 Å². The van der Waals surface area contributed by atoms with Crippen molar-refractivity contribution in [2.75, 3.05) is 14.2 Å². The molecular formula is C18H16N2O3. The van der Waals surface area contributed by atoms with E-state index in [1.165, 1.54) is 7.11 Å². The highest BCUT2D eigenvalue weighted by molar-refractivity contribution is 5.97. The van der Waals surface area contributed by atoms with Gasteiger partial charge >= 0.3 is 5.97 Å². The first kappa shape index (κ1) is 16.1. The third-order valence-electron chi connectivity index (χ3n) is 3.38. The van der Waals surface area contributed by atoms with Gasteiger partial charge in [-0.05, 0) is 47.5 Å². The Morgan fingerprint density at radius 1 is 0.957 bits per heavy atom. The average Bonchev–Trinajstić information content (AvgIpc) is 2.62. The predicted molar refractivity (Wildman–Crippen MR) is 87.4 cm³/mol. The maximum absolute atomic E-state index is 11.4. The number of nitriles is 1. The van der Waals surface area contributed by atoms with Crippen LogP contribution in [0.3, 0.4) is 0 Å². The lowest BCUT2D eigenvalue weighted by Gasteiger charge is -2.08. The molecule has 0 aliphatic heterocycles. The van der Waals surface area contributed by atoms with Crippen LogP contribution in [0.15, 0.2) is 48.5 Å². The molecule has 0 aromatic heterocycles. The van der Waals surface area contributed by atoms with E-state index in [-0.39, 0.29) is 0 Å². The van der Waals surface area contributed by atoms with Crippen molar-refractivity contribution >= 4 is 17.2 Å². The van der Waals surface area contributed by atoms with Crippen LogP contribution in [0.25, 0.3) is 11.3 Å². The number of ether oxygens (including phenoxy) is 2. The topological polar surface area (TPSA) is 85.3 Å². The van der Waals surface area contributed by atoms with E-state index in [9.17, 15) is 10.1 Å². The van der Waals surface area contributed by atoms with Gasteiger partial charge in [0.25, 0.3) is 0 Å². The van der Waals surface area contributed by atoms with Gasteiger partial charge in [0.15, 0.2) is 0 Å². The predicted octanol–water partition coefficient (Wildman–Crippen LogP) is 2.83. The monoisotopic (exact) mass is 308 g/mol. The van der Waals surface area contributed by atoms with Gasteiger partial charge in [0.05, 0.1) is 31.1 Å². The number of benzene rings is 2. The van der Waals surface area contributed by atoms with Crippen LogP contribution in [0.5, 0.6) is 5.75 Å². The third kappa shape index (κ3) is 3.50. The summed E-state index contributed by atoms with van der Waals surface area (Å²) in [5.41, 5.74) is 8.59. The van der Waals surface area contributed by atoms with Gasteiger partial charge in [-0.15, -0.1) is 0 Å². The number of esters is 1. The number of rotatable bonds is 4. The van der Waals surface area contributed by atoms with Crippen LogP contribution >= 0.6 is 0 Å². The summed E-state index contributed by atoms with van der Waals surface area (Å²) in [5, 5.41) is 9.43. The molecule has 0 aliphatic carbocycles. The number of allylic oxidation sites excluding steroid dienone is 1. The molecule has 0 saturated carbocycles. The van der Waals surface area contributed by atoms with E-state index < -0.39 is 5.97 Å². The Morgan fingerprint density at radius 2 is 1.48 bits per heavy atom.